The molecular weight excluding hydrogens is 411 g/mol. The first kappa shape index (κ1) is 20.7. The van der Waals surface area contributed by atoms with Crippen LogP contribution in [0.4, 0.5) is 23.8 Å². The lowest BCUT2D eigenvalue weighted by molar-refractivity contribution is -0.122. The van der Waals surface area contributed by atoms with Gasteiger partial charge in [-0.15, -0.1) is 0 Å². The van der Waals surface area contributed by atoms with Gasteiger partial charge in [0.1, 0.15) is 18.0 Å². The number of aromatic nitrogens is 2. The molecule has 0 saturated heterocycles. The van der Waals surface area contributed by atoms with E-state index in [2.05, 4.69) is 15.3 Å². The average Bonchev–Trinajstić information content (AvgIpc) is 3.46. The van der Waals surface area contributed by atoms with Gasteiger partial charge in [-0.3, -0.25) is 9.69 Å². The molecule has 4 rings (SSSR count). The third-order valence-corrected chi connectivity index (χ3v) is 5.00. The van der Waals surface area contributed by atoms with Crippen molar-refractivity contribution in [3.8, 4) is 11.1 Å². The standard InChI is InChI=1S/C21H20F3N5O2/c22-21(23,24)11-27-20(31)26-10-13-1-3-14(4-2-13)17-9-18(29(12-30)15-5-6-15)28-19-16(17)7-8-25-19/h1-4,7-9,12,15H,5-6,10-11H2,(H,25,28)(H2,26,27,31). The van der Waals surface area contributed by atoms with Gasteiger partial charge in [0, 0.05) is 24.2 Å². The summed E-state index contributed by atoms with van der Waals surface area (Å²) < 4.78 is 36.4. The van der Waals surface area contributed by atoms with Crippen molar-refractivity contribution >= 4 is 29.3 Å². The van der Waals surface area contributed by atoms with Crippen LogP contribution in [-0.2, 0) is 11.3 Å². The highest BCUT2D eigenvalue weighted by atomic mass is 19.4. The lowest BCUT2D eigenvalue weighted by Crippen LogP contribution is -2.40. The highest BCUT2D eigenvalue weighted by molar-refractivity contribution is 5.96. The molecule has 2 aromatic heterocycles. The monoisotopic (exact) mass is 431 g/mol. The summed E-state index contributed by atoms with van der Waals surface area (Å²) in [5, 5.41) is 5.07. The van der Waals surface area contributed by atoms with E-state index in [-0.39, 0.29) is 12.6 Å². The molecule has 3 aromatic rings. The second-order valence-electron chi connectivity index (χ2n) is 7.36. The minimum absolute atomic E-state index is 0.0890. The maximum Gasteiger partial charge on any atom is 0.405 e. The van der Waals surface area contributed by atoms with Crippen molar-refractivity contribution in [2.75, 3.05) is 11.4 Å². The largest absolute Gasteiger partial charge is 0.405 e. The quantitative estimate of drug-likeness (QED) is 0.498. The molecule has 3 amide bonds. The normalized spacial score (nSPS) is 13.8. The molecule has 1 aliphatic carbocycles. The SMILES string of the molecule is O=CN(c1cc(-c2ccc(CNC(=O)NCC(F)(F)F)cc2)c2cc[nH]c2n1)C1CC1. The van der Waals surface area contributed by atoms with Crippen LogP contribution >= 0.6 is 0 Å². The molecule has 2 heterocycles. The summed E-state index contributed by atoms with van der Waals surface area (Å²) in [5.74, 6) is 0.578. The molecule has 1 fully saturated rings. The van der Waals surface area contributed by atoms with Gasteiger partial charge < -0.3 is 15.6 Å². The molecule has 0 unspecified atom stereocenters. The van der Waals surface area contributed by atoms with Crippen molar-refractivity contribution in [1.29, 1.82) is 0 Å². The summed E-state index contributed by atoms with van der Waals surface area (Å²) >= 11 is 0. The van der Waals surface area contributed by atoms with Gasteiger partial charge in [-0.25, -0.2) is 9.78 Å². The molecule has 0 radical (unpaired) electrons. The molecule has 1 aromatic carbocycles. The summed E-state index contributed by atoms with van der Waals surface area (Å²) in [6.07, 6.45) is 0.0424. The van der Waals surface area contributed by atoms with Crippen molar-refractivity contribution < 1.29 is 22.8 Å². The smallest absolute Gasteiger partial charge is 0.346 e. The topological polar surface area (TPSA) is 90.1 Å². The van der Waals surface area contributed by atoms with Gasteiger partial charge in [-0.1, -0.05) is 24.3 Å². The maximum absolute atomic E-state index is 12.1. The Morgan fingerprint density at radius 2 is 1.94 bits per heavy atom. The summed E-state index contributed by atoms with van der Waals surface area (Å²) in [4.78, 5) is 32.3. The molecule has 1 aliphatic rings. The fourth-order valence-corrected chi connectivity index (χ4v) is 3.30. The van der Waals surface area contributed by atoms with Crippen molar-refractivity contribution in [3.63, 3.8) is 0 Å². The van der Waals surface area contributed by atoms with Crippen molar-refractivity contribution in [2.45, 2.75) is 31.6 Å². The zero-order valence-electron chi connectivity index (χ0n) is 16.4. The molecule has 1 saturated carbocycles. The first-order chi connectivity index (χ1) is 14.8. The average molecular weight is 431 g/mol. The van der Waals surface area contributed by atoms with E-state index in [0.717, 1.165) is 41.3 Å². The minimum atomic E-state index is -4.45. The Morgan fingerprint density at radius 1 is 1.19 bits per heavy atom. The van der Waals surface area contributed by atoms with Gasteiger partial charge in [0.05, 0.1) is 0 Å². The number of fused-ring (bicyclic) bond motifs is 1. The molecule has 0 spiro atoms. The number of amides is 3. The Labute approximate surface area is 175 Å². The second kappa shape index (κ2) is 8.29. The molecule has 3 N–H and O–H groups in total. The Bertz CT molecular complexity index is 1090. The second-order valence-corrected chi connectivity index (χ2v) is 7.36. The van der Waals surface area contributed by atoms with Crippen LogP contribution in [0.15, 0.2) is 42.6 Å². The van der Waals surface area contributed by atoms with E-state index in [1.165, 1.54) is 0 Å². The number of anilines is 1. The van der Waals surface area contributed by atoms with E-state index in [4.69, 9.17) is 0 Å². The molecule has 7 nitrogen and oxygen atoms in total. The summed E-state index contributed by atoms with van der Waals surface area (Å²) in [5.41, 5.74) is 3.20. The predicted molar refractivity (Wildman–Crippen MR) is 109 cm³/mol. The van der Waals surface area contributed by atoms with Gasteiger partial charge >= 0.3 is 12.2 Å². The predicted octanol–water partition coefficient (Wildman–Crippen LogP) is 3.72. The zero-order valence-corrected chi connectivity index (χ0v) is 16.4. The van der Waals surface area contributed by atoms with Gasteiger partial charge in [0.15, 0.2) is 0 Å². The van der Waals surface area contributed by atoms with E-state index in [1.54, 1.807) is 28.5 Å². The number of nitrogens with one attached hydrogen (secondary N) is 3. The van der Waals surface area contributed by atoms with Crippen LogP contribution in [0.1, 0.15) is 18.4 Å². The fraction of sp³-hybridized carbons (Fsp3) is 0.286. The van der Waals surface area contributed by atoms with E-state index in [1.807, 2.05) is 24.3 Å². The van der Waals surface area contributed by atoms with Crippen LogP contribution in [0, 0.1) is 0 Å². The van der Waals surface area contributed by atoms with E-state index < -0.39 is 18.8 Å². The third kappa shape index (κ3) is 4.96. The molecular formula is C21H20F3N5O2. The first-order valence-corrected chi connectivity index (χ1v) is 9.73. The molecule has 10 heteroatoms. The molecule has 0 bridgehead atoms. The number of hydrogen-bond donors (Lipinski definition) is 3. The Balaban J connectivity index is 1.50. The number of alkyl halides is 3. The van der Waals surface area contributed by atoms with Crippen LogP contribution in [0.25, 0.3) is 22.2 Å². The number of benzene rings is 1. The fourth-order valence-electron chi connectivity index (χ4n) is 3.30. The van der Waals surface area contributed by atoms with Crippen molar-refractivity contribution in [1.82, 2.24) is 20.6 Å². The van der Waals surface area contributed by atoms with Crippen LogP contribution < -0.4 is 15.5 Å². The molecule has 31 heavy (non-hydrogen) atoms. The number of nitrogens with zero attached hydrogens (tertiary/aromatic N) is 2. The van der Waals surface area contributed by atoms with E-state index in [0.29, 0.717) is 11.5 Å². The lowest BCUT2D eigenvalue weighted by Gasteiger charge is -2.17. The zero-order chi connectivity index (χ0) is 22.0. The van der Waals surface area contributed by atoms with Gasteiger partial charge in [-0.2, -0.15) is 13.2 Å². The first-order valence-electron chi connectivity index (χ1n) is 9.73. The Kier molecular flexibility index (Phi) is 5.53. The number of carbonyl (C=O) groups is 2. The van der Waals surface area contributed by atoms with Gasteiger partial charge in [0.2, 0.25) is 6.41 Å². The Hall–Kier alpha value is -3.56. The van der Waals surface area contributed by atoms with Crippen molar-refractivity contribution in [3.05, 3.63) is 48.2 Å². The molecule has 0 atom stereocenters. The number of pyridine rings is 1. The number of halogens is 3. The van der Waals surface area contributed by atoms with Gasteiger partial charge in [-0.05, 0) is 41.7 Å². The van der Waals surface area contributed by atoms with E-state index >= 15 is 0 Å². The number of carbonyl (C=O) groups excluding carboxylic acids is 2. The number of rotatable bonds is 7. The highest BCUT2D eigenvalue weighted by Crippen LogP contribution is 2.35. The minimum Gasteiger partial charge on any atom is -0.346 e. The van der Waals surface area contributed by atoms with Gasteiger partial charge in [0.25, 0.3) is 0 Å². The number of hydrogen-bond acceptors (Lipinski definition) is 3. The number of H-pyrrole nitrogens is 1. The van der Waals surface area contributed by atoms with Crippen LogP contribution in [-0.4, -0.2) is 41.2 Å². The third-order valence-electron chi connectivity index (χ3n) is 5.00. The van der Waals surface area contributed by atoms with Crippen LogP contribution in [0.3, 0.4) is 0 Å². The number of aromatic amines is 1. The molecule has 162 valence electrons. The Morgan fingerprint density at radius 3 is 2.58 bits per heavy atom. The maximum atomic E-state index is 12.1. The summed E-state index contributed by atoms with van der Waals surface area (Å²) in [6.45, 7) is -1.29. The highest BCUT2D eigenvalue weighted by Gasteiger charge is 2.30. The lowest BCUT2D eigenvalue weighted by atomic mass is 10.0. The summed E-state index contributed by atoms with van der Waals surface area (Å²) in [6, 6.07) is 10.4. The molecule has 0 aliphatic heterocycles. The number of urea groups is 1. The van der Waals surface area contributed by atoms with E-state index in [9.17, 15) is 22.8 Å². The summed E-state index contributed by atoms with van der Waals surface area (Å²) in [7, 11) is 0. The van der Waals surface area contributed by atoms with Crippen molar-refractivity contribution in [2.24, 2.45) is 0 Å². The van der Waals surface area contributed by atoms with Crippen LogP contribution in [0.5, 0.6) is 0 Å². The van der Waals surface area contributed by atoms with Crippen LogP contribution in [0.2, 0.25) is 0 Å².